The molecule has 0 spiro atoms. The summed E-state index contributed by atoms with van der Waals surface area (Å²) in [5.74, 6) is 1.00. The van der Waals surface area contributed by atoms with Gasteiger partial charge in [-0.25, -0.2) is 0 Å². The Labute approximate surface area is 101 Å². The van der Waals surface area contributed by atoms with E-state index in [0.29, 0.717) is 5.54 Å². The van der Waals surface area contributed by atoms with Crippen LogP contribution in [0.2, 0.25) is 0 Å². The first kappa shape index (κ1) is 12.4. The van der Waals surface area contributed by atoms with Crippen LogP contribution in [0.4, 0.5) is 0 Å². The van der Waals surface area contributed by atoms with E-state index in [0.717, 1.165) is 12.0 Å². The monoisotopic (exact) mass is 224 g/mol. The minimum absolute atomic E-state index is 0.342. The molecule has 0 aromatic carbocycles. The fourth-order valence-corrected chi connectivity index (χ4v) is 2.91. The molecule has 0 bridgehead atoms. The number of hydrogen-bond acceptors (Lipinski definition) is 2. The van der Waals surface area contributed by atoms with Crippen LogP contribution in [0, 0.1) is 5.92 Å². The molecule has 94 valence electrons. The predicted octanol–water partition coefficient (Wildman–Crippen LogP) is 2.64. The van der Waals surface area contributed by atoms with Crippen molar-refractivity contribution in [2.75, 3.05) is 19.6 Å². The number of nitrogens with zero attached hydrogens (tertiary/aromatic N) is 1. The Hall–Kier alpha value is -0.0800. The van der Waals surface area contributed by atoms with E-state index in [1.807, 2.05) is 0 Å². The lowest BCUT2D eigenvalue weighted by Crippen LogP contribution is -2.50. The molecule has 2 unspecified atom stereocenters. The first-order chi connectivity index (χ1) is 7.63. The van der Waals surface area contributed by atoms with Crippen LogP contribution in [-0.2, 0) is 0 Å². The van der Waals surface area contributed by atoms with Gasteiger partial charge in [-0.05, 0) is 52.0 Å². The van der Waals surface area contributed by atoms with Crippen LogP contribution in [0.25, 0.3) is 0 Å². The Morgan fingerprint density at radius 3 is 2.62 bits per heavy atom. The van der Waals surface area contributed by atoms with Crippen LogP contribution in [0.1, 0.15) is 52.9 Å². The fourth-order valence-electron chi connectivity index (χ4n) is 2.91. The maximum absolute atomic E-state index is 3.74. The topological polar surface area (TPSA) is 15.3 Å². The second kappa shape index (κ2) is 5.05. The fraction of sp³-hybridized carbons (Fsp3) is 1.00. The molecule has 16 heavy (non-hydrogen) atoms. The highest BCUT2D eigenvalue weighted by atomic mass is 15.2. The highest BCUT2D eigenvalue weighted by Gasteiger charge is 2.32. The van der Waals surface area contributed by atoms with Gasteiger partial charge in [-0.3, -0.25) is 4.90 Å². The van der Waals surface area contributed by atoms with Crippen molar-refractivity contribution in [1.82, 2.24) is 10.2 Å². The minimum atomic E-state index is 0.342. The van der Waals surface area contributed by atoms with Crippen LogP contribution in [0.5, 0.6) is 0 Å². The number of rotatable bonds is 3. The molecule has 0 aromatic heterocycles. The summed E-state index contributed by atoms with van der Waals surface area (Å²) in [5, 5.41) is 3.74. The van der Waals surface area contributed by atoms with Gasteiger partial charge in [-0.2, -0.15) is 0 Å². The van der Waals surface area contributed by atoms with Crippen LogP contribution in [-0.4, -0.2) is 36.1 Å². The smallest absolute Gasteiger partial charge is 0.0277 e. The van der Waals surface area contributed by atoms with E-state index in [2.05, 4.69) is 31.0 Å². The molecule has 1 saturated heterocycles. The van der Waals surface area contributed by atoms with E-state index < -0.39 is 0 Å². The SMILES string of the molecule is CCC1(C)CN(CC2CCC2)C(C)CCN1. The van der Waals surface area contributed by atoms with Crippen LogP contribution in [0.3, 0.4) is 0 Å². The summed E-state index contributed by atoms with van der Waals surface area (Å²) in [6, 6.07) is 0.765. The summed E-state index contributed by atoms with van der Waals surface area (Å²) in [7, 11) is 0. The highest BCUT2D eigenvalue weighted by Crippen LogP contribution is 2.29. The maximum atomic E-state index is 3.74. The average molecular weight is 224 g/mol. The molecule has 0 amide bonds. The Morgan fingerprint density at radius 1 is 1.31 bits per heavy atom. The van der Waals surface area contributed by atoms with Crippen molar-refractivity contribution in [1.29, 1.82) is 0 Å². The summed E-state index contributed by atoms with van der Waals surface area (Å²) >= 11 is 0. The Balaban J connectivity index is 1.95. The zero-order valence-corrected chi connectivity index (χ0v) is 11.3. The molecule has 2 aliphatic rings. The number of hydrogen-bond donors (Lipinski definition) is 1. The Morgan fingerprint density at radius 2 is 2.06 bits per heavy atom. The van der Waals surface area contributed by atoms with E-state index in [4.69, 9.17) is 0 Å². The molecule has 0 radical (unpaired) electrons. The zero-order valence-electron chi connectivity index (χ0n) is 11.3. The van der Waals surface area contributed by atoms with E-state index in [1.54, 1.807) is 0 Å². The standard InChI is InChI=1S/C14H28N2/c1-4-14(3)11-16(10-13-6-5-7-13)12(2)8-9-15-14/h12-13,15H,4-11H2,1-3H3. The molecule has 2 fully saturated rings. The van der Waals surface area contributed by atoms with Gasteiger partial charge in [0.15, 0.2) is 0 Å². The molecular weight excluding hydrogens is 196 g/mol. The van der Waals surface area contributed by atoms with Gasteiger partial charge in [0.25, 0.3) is 0 Å². The molecule has 2 heteroatoms. The van der Waals surface area contributed by atoms with E-state index in [-0.39, 0.29) is 0 Å². The maximum Gasteiger partial charge on any atom is 0.0277 e. The lowest BCUT2D eigenvalue weighted by Gasteiger charge is -2.39. The van der Waals surface area contributed by atoms with Gasteiger partial charge >= 0.3 is 0 Å². The summed E-state index contributed by atoms with van der Waals surface area (Å²) < 4.78 is 0. The van der Waals surface area contributed by atoms with Gasteiger partial charge in [-0.15, -0.1) is 0 Å². The van der Waals surface area contributed by atoms with Gasteiger partial charge in [0.05, 0.1) is 0 Å². The van der Waals surface area contributed by atoms with Crippen molar-refractivity contribution in [3.8, 4) is 0 Å². The van der Waals surface area contributed by atoms with Crippen molar-refractivity contribution in [2.24, 2.45) is 5.92 Å². The molecular formula is C14H28N2. The van der Waals surface area contributed by atoms with E-state index >= 15 is 0 Å². The van der Waals surface area contributed by atoms with Crippen LogP contribution in [0.15, 0.2) is 0 Å². The molecule has 2 nitrogen and oxygen atoms in total. The largest absolute Gasteiger partial charge is 0.310 e. The number of nitrogens with one attached hydrogen (secondary N) is 1. The van der Waals surface area contributed by atoms with Crippen molar-refractivity contribution in [3.63, 3.8) is 0 Å². The van der Waals surface area contributed by atoms with Crippen LogP contribution < -0.4 is 5.32 Å². The first-order valence-corrected chi connectivity index (χ1v) is 7.12. The highest BCUT2D eigenvalue weighted by molar-refractivity contribution is 4.91. The van der Waals surface area contributed by atoms with Gasteiger partial charge < -0.3 is 5.32 Å². The molecule has 2 atom stereocenters. The first-order valence-electron chi connectivity index (χ1n) is 7.12. The molecule has 1 heterocycles. The molecule has 2 rings (SSSR count). The third-order valence-corrected chi connectivity index (χ3v) is 4.79. The third kappa shape index (κ3) is 2.78. The molecule has 1 aliphatic heterocycles. The van der Waals surface area contributed by atoms with Crippen molar-refractivity contribution >= 4 is 0 Å². The Bertz CT molecular complexity index is 225. The van der Waals surface area contributed by atoms with Gasteiger partial charge in [0, 0.05) is 24.7 Å². The van der Waals surface area contributed by atoms with Crippen LogP contribution >= 0.6 is 0 Å². The normalized spacial score (nSPS) is 38.1. The molecule has 0 aromatic rings. The summed E-state index contributed by atoms with van der Waals surface area (Å²) in [6.45, 7) is 10.9. The lowest BCUT2D eigenvalue weighted by atomic mass is 9.84. The molecule has 1 aliphatic carbocycles. The predicted molar refractivity (Wildman–Crippen MR) is 69.7 cm³/mol. The summed E-state index contributed by atoms with van der Waals surface area (Å²) in [6.07, 6.45) is 6.96. The van der Waals surface area contributed by atoms with Crippen molar-refractivity contribution in [3.05, 3.63) is 0 Å². The Kier molecular flexibility index (Phi) is 3.91. The quantitative estimate of drug-likeness (QED) is 0.793. The lowest BCUT2D eigenvalue weighted by molar-refractivity contribution is 0.119. The third-order valence-electron chi connectivity index (χ3n) is 4.79. The summed E-state index contributed by atoms with van der Waals surface area (Å²) in [4.78, 5) is 2.74. The minimum Gasteiger partial charge on any atom is -0.310 e. The molecule has 1 N–H and O–H groups in total. The molecule has 1 saturated carbocycles. The summed E-state index contributed by atoms with van der Waals surface area (Å²) in [5.41, 5.74) is 0.342. The van der Waals surface area contributed by atoms with Gasteiger partial charge in [-0.1, -0.05) is 13.3 Å². The van der Waals surface area contributed by atoms with Gasteiger partial charge in [0.1, 0.15) is 0 Å². The van der Waals surface area contributed by atoms with Gasteiger partial charge in [0.2, 0.25) is 0 Å². The zero-order chi connectivity index (χ0) is 11.6. The van der Waals surface area contributed by atoms with Crippen molar-refractivity contribution in [2.45, 2.75) is 64.5 Å². The second-order valence-electron chi connectivity index (χ2n) is 6.21. The van der Waals surface area contributed by atoms with E-state index in [1.165, 1.54) is 51.7 Å². The average Bonchev–Trinajstić information content (AvgIpc) is 2.34. The second-order valence-corrected chi connectivity index (χ2v) is 6.21. The van der Waals surface area contributed by atoms with Crippen molar-refractivity contribution < 1.29 is 0 Å². The van der Waals surface area contributed by atoms with E-state index in [9.17, 15) is 0 Å².